The van der Waals surface area contributed by atoms with E-state index in [2.05, 4.69) is 0 Å². The maximum atomic E-state index is 11.6. The Bertz CT molecular complexity index is 428. The summed E-state index contributed by atoms with van der Waals surface area (Å²) in [6, 6.07) is 0. The van der Waals surface area contributed by atoms with Crippen LogP contribution in [0.2, 0.25) is 0 Å². The molecule has 0 spiro atoms. The van der Waals surface area contributed by atoms with Crippen LogP contribution in [0, 0.1) is 5.41 Å². The molecule has 0 heterocycles. The van der Waals surface area contributed by atoms with Gasteiger partial charge in [0.1, 0.15) is 0 Å². The molecule has 96 valence electrons. The largest absolute Gasteiger partial charge is 1.00 e. The van der Waals surface area contributed by atoms with Gasteiger partial charge in [-0.2, -0.15) is 4.31 Å². The van der Waals surface area contributed by atoms with Gasteiger partial charge in [-0.05, 0) is 0 Å². The fourth-order valence-electron chi connectivity index (χ4n) is 0.942. The van der Waals surface area contributed by atoms with Gasteiger partial charge >= 0.3 is 29.6 Å². The van der Waals surface area contributed by atoms with Crippen LogP contribution in [0.25, 0.3) is 0 Å². The molecular weight excluding hydrogens is 276 g/mol. The zero-order valence-electron chi connectivity index (χ0n) is 11.1. The summed E-state index contributed by atoms with van der Waals surface area (Å²) in [7, 11) is -6.89. The van der Waals surface area contributed by atoms with Crippen molar-refractivity contribution in [2.24, 2.45) is 5.41 Å². The van der Waals surface area contributed by atoms with E-state index >= 15 is 0 Å². The molecule has 0 aliphatic carbocycles. The van der Waals surface area contributed by atoms with Gasteiger partial charge in [0.25, 0.3) is 0 Å². The van der Waals surface area contributed by atoms with E-state index in [1.807, 2.05) is 0 Å². The molecule has 0 aliphatic heterocycles. The van der Waals surface area contributed by atoms with Crippen molar-refractivity contribution in [3.63, 3.8) is 0 Å². The molecule has 9 heteroatoms. The number of hydrogen-bond donors (Lipinski definition) is 0. The minimum atomic E-state index is -4.40. The Hall–Kier alpha value is 0.770. The Morgan fingerprint density at radius 3 is 1.94 bits per heavy atom. The number of carbonyl (C=O) groups is 1. The number of carbonyl (C=O) groups excluding carboxylic acids is 1. The Kier molecular flexibility index (Phi) is 7.42. The van der Waals surface area contributed by atoms with Crippen LogP contribution in [0.4, 0.5) is 0 Å². The fraction of sp³-hybridized carbons (Fsp3) is 0.875. The summed E-state index contributed by atoms with van der Waals surface area (Å²) in [4.78, 5) is 23.2. The molecule has 0 aromatic rings. The van der Waals surface area contributed by atoms with Crippen LogP contribution in [-0.2, 0) is 19.4 Å². The van der Waals surface area contributed by atoms with Gasteiger partial charge in [0.2, 0.25) is 10.0 Å². The van der Waals surface area contributed by atoms with Crippen LogP contribution in [0.3, 0.4) is 0 Å². The van der Waals surface area contributed by atoms with Crippen molar-refractivity contribution in [1.29, 1.82) is 0 Å². The first-order chi connectivity index (χ1) is 6.78. The summed E-state index contributed by atoms with van der Waals surface area (Å²) in [5.41, 5.74) is -1.97. The van der Waals surface area contributed by atoms with Gasteiger partial charge in [-0.15, -0.1) is 0 Å². The molecule has 0 aromatic heterocycles. The summed E-state index contributed by atoms with van der Waals surface area (Å²) >= 11 is 0. The first-order valence-corrected chi connectivity index (χ1v) is 8.20. The molecule has 0 bridgehead atoms. The van der Waals surface area contributed by atoms with Crippen molar-refractivity contribution in [1.82, 2.24) is 4.31 Å². The predicted molar refractivity (Wildman–Crippen MR) is 59.5 cm³/mol. The molecule has 0 saturated carbocycles. The Morgan fingerprint density at radius 1 is 1.35 bits per heavy atom. The fourth-order valence-corrected chi connectivity index (χ4v) is 3.91. The third-order valence-corrected chi connectivity index (χ3v) is 5.44. The summed E-state index contributed by atoms with van der Waals surface area (Å²) in [6.07, 6.45) is 0.0938. The quantitative estimate of drug-likeness (QED) is 0.408. The maximum Gasteiger partial charge on any atom is 1.00 e. The van der Waals surface area contributed by atoms with E-state index in [0.717, 1.165) is 13.3 Å². The van der Waals surface area contributed by atoms with Crippen LogP contribution in [-0.4, -0.2) is 37.8 Å². The summed E-state index contributed by atoms with van der Waals surface area (Å²) in [6.45, 7) is 4.42. The van der Waals surface area contributed by atoms with Crippen molar-refractivity contribution in [2.75, 3.05) is 19.6 Å². The maximum absolute atomic E-state index is 11.6. The number of nitrogens with zero attached hydrogens (tertiary/aromatic N) is 1. The molecule has 0 aromatic carbocycles. The third kappa shape index (κ3) is 6.47. The standard InChI is InChI=1S/C8H18NO5PS.Na/c1-8(2,3)7(10)15(11,12)6-9(4)16(5,13)14;/h6H2,1-5H3,(H,11,12);/q;+1/p-1. The third-order valence-electron chi connectivity index (χ3n) is 1.90. The van der Waals surface area contributed by atoms with Crippen molar-refractivity contribution >= 4 is 22.9 Å². The molecular formula is C8H17NNaO5PS. The second-order valence-corrected chi connectivity index (χ2v) is 8.86. The van der Waals surface area contributed by atoms with E-state index in [1.54, 1.807) is 0 Å². The van der Waals surface area contributed by atoms with Crippen LogP contribution in [0.15, 0.2) is 0 Å². The topological polar surface area (TPSA) is 94.6 Å². The van der Waals surface area contributed by atoms with E-state index in [4.69, 9.17) is 0 Å². The minimum Gasteiger partial charge on any atom is -0.793 e. The van der Waals surface area contributed by atoms with Gasteiger partial charge in [0.05, 0.1) is 19.9 Å². The van der Waals surface area contributed by atoms with Crippen LogP contribution < -0.4 is 34.5 Å². The molecule has 0 saturated heterocycles. The van der Waals surface area contributed by atoms with Crippen molar-refractivity contribution in [3.05, 3.63) is 0 Å². The van der Waals surface area contributed by atoms with Crippen molar-refractivity contribution < 1.29 is 52.2 Å². The van der Waals surface area contributed by atoms with Crippen molar-refractivity contribution in [3.8, 4) is 0 Å². The van der Waals surface area contributed by atoms with E-state index in [-0.39, 0.29) is 29.6 Å². The van der Waals surface area contributed by atoms with Gasteiger partial charge in [-0.1, -0.05) is 20.8 Å². The average molecular weight is 293 g/mol. The van der Waals surface area contributed by atoms with Gasteiger partial charge in [0.15, 0.2) is 5.52 Å². The predicted octanol–water partition coefficient (Wildman–Crippen LogP) is -2.95. The number of rotatable bonds is 4. The second-order valence-electron chi connectivity index (χ2n) is 4.73. The van der Waals surface area contributed by atoms with E-state index in [1.165, 1.54) is 20.8 Å². The van der Waals surface area contributed by atoms with Gasteiger partial charge in [-0.3, -0.25) is 4.79 Å². The average Bonchev–Trinajstić information content (AvgIpc) is 1.98. The van der Waals surface area contributed by atoms with Gasteiger partial charge in [0, 0.05) is 12.5 Å². The number of hydrogen-bond acceptors (Lipinski definition) is 5. The molecule has 1 unspecified atom stereocenters. The molecule has 0 aliphatic rings. The Labute approximate surface area is 125 Å². The van der Waals surface area contributed by atoms with E-state index in [0.29, 0.717) is 4.31 Å². The van der Waals surface area contributed by atoms with Crippen LogP contribution in [0.1, 0.15) is 20.8 Å². The Morgan fingerprint density at radius 2 is 1.71 bits per heavy atom. The zero-order valence-corrected chi connectivity index (χ0v) is 14.8. The van der Waals surface area contributed by atoms with Crippen LogP contribution >= 0.6 is 7.37 Å². The van der Waals surface area contributed by atoms with Gasteiger partial charge < -0.3 is 9.46 Å². The molecule has 0 amide bonds. The molecule has 1 atom stereocenters. The van der Waals surface area contributed by atoms with Gasteiger partial charge in [-0.25, -0.2) is 8.42 Å². The van der Waals surface area contributed by atoms with E-state index < -0.39 is 34.6 Å². The molecule has 6 nitrogen and oxygen atoms in total. The van der Waals surface area contributed by atoms with Crippen LogP contribution in [0.5, 0.6) is 0 Å². The van der Waals surface area contributed by atoms with Crippen molar-refractivity contribution in [2.45, 2.75) is 20.8 Å². The monoisotopic (exact) mass is 293 g/mol. The summed E-state index contributed by atoms with van der Waals surface area (Å²) in [5.74, 6) is 0. The van der Waals surface area contributed by atoms with E-state index in [9.17, 15) is 22.7 Å². The number of sulfonamides is 1. The molecule has 0 rings (SSSR count). The first-order valence-electron chi connectivity index (χ1n) is 4.55. The molecule has 17 heavy (non-hydrogen) atoms. The molecule has 0 fully saturated rings. The summed E-state index contributed by atoms with van der Waals surface area (Å²) < 4.78 is 34.3. The molecule has 0 N–H and O–H groups in total. The minimum absolute atomic E-state index is 0. The SMILES string of the molecule is CN(CP(=O)([O-])C(=O)C(C)(C)C)S(C)(=O)=O.[Na+]. The smallest absolute Gasteiger partial charge is 0.793 e. The molecule has 0 radical (unpaired) electrons. The second kappa shape index (κ2) is 6.28. The summed E-state index contributed by atoms with van der Waals surface area (Å²) in [5, 5.41) is 0. The zero-order chi connectivity index (χ0) is 13.4. The Balaban J connectivity index is 0. The first kappa shape index (κ1) is 20.1. The normalized spacial score (nSPS) is 16.2.